The number of likely N-dealkylation sites (N-methyl/N-ethyl adjacent to an activating group) is 1. The summed E-state index contributed by atoms with van der Waals surface area (Å²) in [4.78, 5) is 28.3. The van der Waals surface area contributed by atoms with Crippen molar-refractivity contribution >= 4 is 23.2 Å². The molecule has 0 saturated carbocycles. The minimum atomic E-state index is -0.184. The van der Waals surface area contributed by atoms with Gasteiger partial charge in [-0.1, -0.05) is 6.92 Å². The maximum atomic E-state index is 12.5. The summed E-state index contributed by atoms with van der Waals surface area (Å²) in [5, 5.41) is 2.93. The normalized spacial score (nSPS) is 17.8. The molecule has 0 spiro atoms. The maximum Gasteiger partial charge on any atom is 0.258 e. The Labute approximate surface area is 166 Å². The van der Waals surface area contributed by atoms with Crippen LogP contribution >= 0.6 is 0 Å². The zero-order valence-electron chi connectivity index (χ0n) is 16.5. The number of carbonyl (C=O) groups is 1. The molecule has 0 unspecified atom stereocenters. The van der Waals surface area contributed by atoms with Gasteiger partial charge in [0.15, 0.2) is 0 Å². The number of piperazine rings is 1. The van der Waals surface area contributed by atoms with Crippen molar-refractivity contribution in [3.63, 3.8) is 0 Å². The molecule has 4 rings (SSSR count). The summed E-state index contributed by atoms with van der Waals surface area (Å²) in [6, 6.07) is 8.04. The standard InChI is InChI=1S/C21H28N6O/c1-2-25-11-13-27(14-12-25)21-22-15-17(16-23-21)20(28)24-18-5-7-19(8-6-18)26-9-3-4-10-26/h5-8,15-16H,2-4,9-14H2,1H3,(H,24,28). The number of rotatable bonds is 5. The van der Waals surface area contributed by atoms with Crippen molar-refractivity contribution < 1.29 is 4.79 Å². The van der Waals surface area contributed by atoms with E-state index in [1.807, 2.05) is 12.1 Å². The van der Waals surface area contributed by atoms with Gasteiger partial charge in [-0.05, 0) is 43.7 Å². The van der Waals surface area contributed by atoms with Gasteiger partial charge in [0.05, 0.1) is 5.56 Å². The topological polar surface area (TPSA) is 64.6 Å². The van der Waals surface area contributed by atoms with E-state index >= 15 is 0 Å². The van der Waals surface area contributed by atoms with Gasteiger partial charge < -0.3 is 20.0 Å². The Hall–Kier alpha value is -2.67. The van der Waals surface area contributed by atoms with Gasteiger partial charge in [-0.2, -0.15) is 0 Å². The van der Waals surface area contributed by atoms with Gasteiger partial charge in [0, 0.05) is 63.0 Å². The second-order valence-corrected chi connectivity index (χ2v) is 7.39. The zero-order valence-corrected chi connectivity index (χ0v) is 16.5. The fourth-order valence-electron chi connectivity index (χ4n) is 3.80. The van der Waals surface area contributed by atoms with Crippen molar-refractivity contribution in [2.75, 3.05) is 60.9 Å². The molecule has 2 aliphatic heterocycles. The van der Waals surface area contributed by atoms with Crippen LogP contribution < -0.4 is 15.1 Å². The molecule has 1 aromatic heterocycles. The van der Waals surface area contributed by atoms with Crippen molar-refractivity contribution in [1.82, 2.24) is 14.9 Å². The summed E-state index contributed by atoms with van der Waals surface area (Å²) >= 11 is 0. The van der Waals surface area contributed by atoms with E-state index in [-0.39, 0.29) is 5.91 Å². The molecule has 7 nitrogen and oxygen atoms in total. The van der Waals surface area contributed by atoms with Crippen LogP contribution in [0.5, 0.6) is 0 Å². The van der Waals surface area contributed by atoms with Crippen molar-refractivity contribution in [3.05, 3.63) is 42.2 Å². The fourth-order valence-corrected chi connectivity index (χ4v) is 3.80. The van der Waals surface area contributed by atoms with E-state index in [1.165, 1.54) is 18.5 Å². The van der Waals surface area contributed by atoms with Gasteiger partial charge in [-0.3, -0.25) is 4.79 Å². The van der Waals surface area contributed by atoms with E-state index in [1.54, 1.807) is 12.4 Å². The molecule has 0 atom stereocenters. The van der Waals surface area contributed by atoms with Crippen LogP contribution in [0.4, 0.5) is 17.3 Å². The van der Waals surface area contributed by atoms with E-state index in [4.69, 9.17) is 0 Å². The van der Waals surface area contributed by atoms with E-state index in [0.717, 1.165) is 51.5 Å². The Bertz CT molecular complexity index is 778. The highest BCUT2D eigenvalue weighted by Gasteiger charge is 2.18. The van der Waals surface area contributed by atoms with Crippen molar-refractivity contribution in [3.8, 4) is 0 Å². The van der Waals surface area contributed by atoms with E-state index in [0.29, 0.717) is 11.5 Å². The molecule has 7 heteroatoms. The third-order valence-electron chi connectivity index (χ3n) is 5.60. The molecule has 2 saturated heterocycles. The first-order valence-electron chi connectivity index (χ1n) is 10.2. The van der Waals surface area contributed by atoms with Gasteiger partial charge in [0.2, 0.25) is 5.95 Å². The summed E-state index contributed by atoms with van der Waals surface area (Å²) in [6.07, 6.45) is 5.73. The largest absolute Gasteiger partial charge is 0.372 e. The highest BCUT2D eigenvalue weighted by Crippen LogP contribution is 2.22. The first kappa shape index (κ1) is 18.7. The monoisotopic (exact) mass is 380 g/mol. The summed E-state index contributed by atoms with van der Waals surface area (Å²) < 4.78 is 0. The molecule has 0 aliphatic carbocycles. The Morgan fingerprint density at radius 1 is 0.929 bits per heavy atom. The van der Waals surface area contributed by atoms with E-state index < -0.39 is 0 Å². The molecular formula is C21H28N6O. The Balaban J connectivity index is 1.34. The first-order chi connectivity index (χ1) is 13.7. The van der Waals surface area contributed by atoms with Gasteiger partial charge in [-0.25, -0.2) is 9.97 Å². The average Bonchev–Trinajstić information content (AvgIpc) is 3.29. The molecule has 2 fully saturated rings. The smallest absolute Gasteiger partial charge is 0.258 e. The van der Waals surface area contributed by atoms with Crippen molar-refractivity contribution in [2.45, 2.75) is 19.8 Å². The highest BCUT2D eigenvalue weighted by atomic mass is 16.1. The molecule has 3 heterocycles. The molecule has 1 amide bonds. The number of nitrogens with one attached hydrogen (secondary N) is 1. The molecule has 1 aromatic carbocycles. The highest BCUT2D eigenvalue weighted by molar-refractivity contribution is 6.03. The summed E-state index contributed by atoms with van der Waals surface area (Å²) in [5.74, 6) is 0.513. The third kappa shape index (κ3) is 4.25. The number of nitrogens with zero attached hydrogens (tertiary/aromatic N) is 5. The lowest BCUT2D eigenvalue weighted by Crippen LogP contribution is -2.46. The Morgan fingerprint density at radius 2 is 1.57 bits per heavy atom. The van der Waals surface area contributed by atoms with Gasteiger partial charge in [-0.15, -0.1) is 0 Å². The lowest BCUT2D eigenvalue weighted by atomic mass is 10.2. The van der Waals surface area contributed by atoms with Crippen LogP contribution in [0, 0.1) is 0 Å². The van der Waals surface area contributed by atoms with Crippen molar-refractivity contribution in [2.24, 2.45) is 0 Å². The second-order valence-electron chi connectivity index (χ2n) is 7.39. The summed E-state index contributed by atoms with van der Waals surface area (Å²) in [6.45, 7) is 9.37. The lowest BCUT2D eigenvalue weighted by molar-refractivity contribution is 0.102. The lowest BCUT2D eigenvalue weighted by Gasteiger charge is -2.33. The van der Waals surface area contributed by atoms with Crippen LogP contribution in [-0.4, -0.2) is 66.6 Å². The SMILES string of the molecule is CCN1CCN(c2ncc(C(=O)Nc3ccc(N4CCCC4)cc3)cn2)CC1. The molecule has 0 bridgehead atoms. The second kappa shape index (κ2) is 8.56. The summed E-state index contributed by atoms with van der Waals surface area (Å²) in [7, 11) is 0. The number of hydrogen-bond donors (Lipinski definition) is 1. The van der Waals surface area contributed by atoms with Gasteiger partial charge in [0.25, 0.3) is 5.91 Å². The predicted octanol–water partition coefficient (Wildman–Crippen LogP) is 2.47. The van der Waals surface area contributed by atoms with Gasteiger partial charge in [0.1, 0.15) is 0 Å². The van der Waals surface area contributed by atoms with Crippen molar-refractivity contribution in [1.29, 1.82) is 0 Å². The van der Waals surface area contributed by atoms with Crippen LogP contribution in [0.1, 0.15) is 30.1 Å². The molecule has 28 heavy (non-hydrogen) atoms. The molecule has 148 valence electrons. The first-order valence-corrected chi connectivity index (χ1v) is 10.2. The molecule has 2 aromatic rings. The van der Waals surface area contributed by atoms with E-state index in [9.17, 15) is 4.79 Å². The number of amides is 1. The van der Waals surface area contributed by atoms with Crippen LogP contribution in [0.15, 0.2) is 36.7 Å². The Morgan fingerprint density at radius 3 is 2.18 bits per heavy atom. The average molecular weight is 380 g/mol. The molecule has 0 radical (unpaired) electrons. The third-order valence-corrected chi connectivity index (χ3v) is 5.60. The minimum Gasteiger partial charge on any atom is -0.372 e. The van der Waals surface area contributed by atoms with Crippen LogP contribution in [-0.2, 0) is 0 Å². The number of carbonyl (C=O) groups excluding carboxylic acids is 1. The fraction of sp³-hybridized carbons (Fsp3) is 0.476. The number of benzene rings is 1. The summed E-state index contributed by atoms with van der Waals surface area (Å²) in [5.41, 5.74) is 2.47. The number of aromatic nitrogens is 2. The number of anilines is 3. The molecule has 1 N–H and O–H groups in total. The minimum absolute atomic E-state index is 0.184. The number of hydrogen-bond acceptors (Lipinski definition) is 6. The van der Waals surface area contributed by atoms with Gasteiger partial charge >= 0.3 is 0 Å². The van der Waals surface area contributed by atoms with Crippen LogP contribution in [0.3, 0.4) is 0 Å². The van der Waals surface area contributed by atoms with Crippen LogP contribution in [0.25, 0.3) is 0 Å². The Kier molecular flexibility index (Phi) is 5.71. The molecule has 2 aliphatic rings. The zero-order chi connectivity index (χ0) is 19.3. The van der Waals surface area contributed by atoms with Crippen LogP contribution in [0.2, 0.25) is 0 Å². The van der Waals surface area contributed by atoms with E-state index in [2.05, 4.69) is 49.0 Å². The predicted molar refractivity (Wildman–Crippen MR) is 112 cm³/mol. The maximum absolute atomic E-state index is 12.5. The quantitative estimate of drug-likeness (QED) is 0.860. The molecular weight excluding hydrogens is 352 g/mol.